The molecule has 1 heterocycles. The van der Waals surface area contributed by atoms with Crippen LogP contribution in [0.2, 0.25) is 0 Å². The number of hydrogen-bond donors (Lipinski definition) is 1. The van der Waals surface area contributed by atoms with Crippen LogP contribution < -0.4 is 9.47 Å². The molecule has 0 aliphatic rings. The molecule has 0 bridgehead atoms. The highest BCUT2D eigenvalue weighted by Crippen LogP contribution is 2.30. The lowest BCUT2D eigenvalue weighted by Crippen LogP contribution is -2.18. The van der Waals surface area contributed by atoms with E-state index in [0.29, 0.717) is 28.5 Å². The van der Waals surface area contributed by atoms with E-state index in [2.05, 4.69) is 9.97 Å². The van der Waals surface area contributed by atoms with Gasteiger partial charge in [0.1, 0.15) is 5.82 Å². The molecule has 1 unspecified atom stereocenters. The Bertz CT molecular complexity index is 1200. The number of benzene rings is 3. The van der Waals surface area contributed by atoms with Crippen LogP contribution in [0.15, 0.2) is 72.8 Å². The first-order valence-electron chi connectivity index (χ1n) is 9.90. The Hall–Kier alpha value is -3.93. The maximum Gasteiger partial charge on any atom is 0.173 e. The monoisotopic (exact) mass is 414 g/mol. The molecule has 0 fully saturated rings. The molecule has 0 amide bonds. The zero-order chi connectivity index (χ0) is 21.8. The van der Waals surface area contributed by atoms with Crippen LogP contribution in [0.5, 0.6) is 11.5 Å². The van der Waals surface area contributed by atoms with E-state index >= 15 is 0 Å². The lowest BCUT2D eigenvalue weighted by molar-refractivity contribution is 0.0890. The Morgan fingerprint density at radius 2 is 1.58 bits per heavy atom. The first kappa shape index (κ1) is 20.3. The van der Waals surface area contributed by atoms with Crippen molar-refractivity contribution in [3.05, 3.63) is 89.7 Å². The van der Waals surface area contributed by atoms with Crippen molar-refractivity contribution in [3.8, 4) is 11.5 Å². The Labute approximate surface area is 179 Å². The van der Waals surface area contributed by atoms with E-state index in [-0.39, 0.29) is 18.0 Å². The molecule has 4 rings (SSSR count). The van der Waals surface area contributed by atoms with E-state index in [1.165, 1.54) is 14.2 Å². The molecule has 0 saturated heterocycles. The molecule has 0 radical (unpaired) electrons. The van der Waals surface area contributed by atoms with Crippen LogP contribution in [0.3, 0.4) is 0 Å². The van der Waals surface area contributed by atoms with Crippen molar-refractivity contribution >= 4 is 22.6 Å². The second-order valence-corrected chi connectivity index (χ2v) is 7.12. The summed E-state index contributed by atoms with van der Waals surface area (Å²) in [5, 5.41) is 0. The molecular weight excluding hydrogens is 392 g/mol. The summed E-state index contributed by atoms with van der Waals surface area (Å²) in [6, 6.07) is 21.5. The highest BCUT2D eigenvalue weighted by molar-refractivity contribution is 6.06. The zero-order valence-corrected chi connectivity index (χ0v) is 17.3. The summed E-state index contributed by atoms with van der Waals surface area (Å²) in [5.41, 5.74) is 2.55. The van der Waals surface area contributed by atoms with Crippen LogP contribution >= 0.6 is 0 Å². The van der Waals surface area contributed by atoms with Crippen LogP contribution in [-0.4, -0.2) is 35.8 Å². The van der Waals surface area contributed by atoms with Gasteiger partial charge in [-0.05, 0) is 30.3 Å². The number of H-pyrrole nitrogens is 1. The Morgan fingerprint density at radius 1 is 0.871 bits per heavy atom. The lowest BCUT2D eigenvalue weighted by Gasteiger charge is -2.14. The van der Waals surface area contributed by atoms with Crippen LogP contribution in [0, 0.1) is 0 Å². The van der Waals surface area contributed by atoms with Gasteiger partial charge >= 0.3 is 0 Å². The summed E-state index contributed by atoms with van der Waals surface area (Å²) in [5.74, 6) is 0.389. The number of fused-ring (bicyclic) bond motifs is 1. The molecule has 0 aliphatic heterocycles. The van der Waals surface area contributed by atoms with Gasteiger partial charge in [0, 0.05) is 17.5 Å². The number of aromatic amines is 1. The minimum Gasteiger partial charge on any atom is -0.493 e. The van der Waals surface area contributed by atoms with E-state index in [4.69, 9.17) is 9.47 Å². The molecule has 3 aromatic carbocycles. The number of carbonyl (C=O) groups excluding carboxylic acids is 2. The summed E-state index contributed by atoms with van der Waals surface area (Å²) in [4.78, 5) is 34.3. The molecule has 1 N–H and O–H groups in total. The van der Waals surface area contributed by atoms with E-state index < -0.39 is 5.92 Å². The zero-order valence-electron chi connectivity index (χ0n) is 17.3. The number of imidazole rings is 1. The number of nitrogens with one attached hydrogen (secondary N) is 1. The van der Waals surface area contributed by atoms with Gasteiger partial charge in [-0.15, -0.1) is 0 Å². The summed E-state index contributed by atoms with van der Waals surface area (Å²) in [7, 11) is 3.05. The quantitative estimate of drug-likeness (QED) is 0.418. The molecule has 0 saturated carbocycles. The van der Waals surface area contributed by atoms with Gasteiger partial charge in [0.2, 0.25) is 0 Å². The summed E-state index contributed by atoms with van der Waals surface area (Å²) >= 11 is 0. The summed E-state index contributed by atoms with van der Waals surface area (Å²) < 4.78 is 10.6. The number of nitrogens with zero attached hydrogens (tertiary/aromatic N) is 1. The second kappa shape index (κ2) is 8.83. The van der Waals surface area contributed by atoms with Crippen molar-refractivity contribution < 1.29 is 19.1 Å². The highest BCUT2D eigenvalue weighted by Gasteiger charge is 2.28. The third kappa shape index (κ3) is 4.19. The van der Waals surface area contributed by atoms with E-state index in [9.17, 15) is 9.59 Å². The van der Waals surface area contributed by atoms with Crippen LogP contribution in [0.4, 0.5) is 0 Å². The largest absolute Gasteiger partial charge is 0.493 e. The third-order valence-electron chi connectivity index (χ3n) is 5.21. The lowest BCUT2D eigenvalue weighted by atomic mass is 9.90. The molecule has 1 atom stereocenters. The van der Waals surface area contributed by atoms with Crippen molar-refractivity contribution in [1.82, 2.24) is 9.97 Å². The molecular formula is C25H22N2O4. The number of Topliss-reactive ketones (excluding diaryl/α,β-unsaturated/α-hetero) is 2. The third-order valence-corrected chi connectivity index (χ3v) is 5.21. The van der Waals surface area contributed by atoms with Gasteiger partial charge in [-0.3, -0.25) is 9.59 Å². The summed E-state index contributed by atoms with van der Waals surface area (Å²) in [6.45, 7) is 0. The van der Waals surface area contributed by atoms with E-state index in [1.54, 1.807) is 42.5 Å². The van der Waals surface area contributed by atoms with E-state index in [0.717, 1.165) is 11.0 Å². The molecule has 4 aromatic rings. The molecule has 6 nitrogen and oxygen atoms in total. The smallest absolute Gasteiger partial charge is 0.173 e. The van der Waals surface area contributed by atoms with Gasteiger partial charge in [-0.2, -0.15) is 0 Å². The van der Waals surface area contributed by atoms with Gasteiger partial charge in [0.25, 0.3) is 0 Å². The van der Waals surface area contributed by atoms with E-state index in [1.807, 2.05) is 30.3 Å². The molecule has 0 aliphatic carbocycles. The van der Waals surface area contributed by atoms with Gasteiger partial charge < -0.3 is 14.5 Å². The van der Waals surface area contributed by atoms with Crippen LogP contribution in [-0.2, 0) is 0 Å². The van der Waals surface area contributed by atoms with Gasteiger partial charge in [-0.1, -0.05) is 42.5 Å². The number of ether oxygens (including phenoxy) is 2. The molecule has 0 spiro atoms. The summed E-state index contributed by atoms with van der Waals surface area (Å²) in [6.07, 6.45) is -0.0248. The molecule has 31 heavy (non-hydrogen) atoms. The van der Waals surface area contributed by atoms with Crippen molar-refractivity contribution in [1.29, 1.82) is 0 Å². The SMILES string of the molecule is COc1ccc(C(=O)CC(C(=O)c2ccccc2)c2nc3ccccc3[nH]2)cc1OC. The number of ketones is 2. The van der Waals surface area contributed by atoms with Gasteiger partial charge in [-0.25, -0.2) is 4.98 Å². The number of aromatic nitrogens is 2. The van der Waals surface area contributed by atoms with Crippen LogP contribution in [0.25, 0.3) is 11.0 Å². The van der Waals surface area contributed by atoms with Crippen molar-refractivity contribution in [2.24, 2.45) is 0 Å². The Balaban J connectivity index is 1.70. The average Bonchev–Trinajstić information content (AvgIpc) is 3.26. The number of carbonyl (C=O) groups is 2. The van der Waals surface area contributed by atoms with Gasteiger partial charge in [0.15, 0.2) is 23.1 Å². The molecule has 156 valence electrons. The second-order valence-electron chi connectivity index (χ2n) is 7.12. The topological polar surface area (TPSA) is 81.3 Å². The number of methoxy groups -OCH3 is 2. The fourth-order valence-electron chi connectivity index (χ4n) is 3.57. The Kier molecular flexibility index (Phi) is 5.80. The average molecular weight is 414 g/mol. The Morgan fingerprint density at radius 3 is 2.29 bits per heavy atom. The molecule has 1 aromatic heterocycles. The number of hydrogen-bond acceptors (Lipinski definition) is 5. The van der Waals surface area contributed by atoms with Crippen molar-refractivity contribution in [2.45, 2.75) is 12.3 Å². The number of para-hydroxylation sites is 2. The maximum atomic E-state index is 13.4. The normalized spacial score (nSPS) is 11.8. The first-order valence-corrected chi connectivity index (χ1v) is 9.90. The van der Waals surface area contributed by atoms with Gasteiger partial charge in [0.05, 0.1) is 31.2 Å². The predicted molar refractivity (Wildman–Crippen MR) is 118 cm³/mol. The predicted octanol–water partition coefficient (Wildman–Crippen LogP) is 4.82. The fraction of sp³-hybridized carbons (Fsp3) is 0.160. The maximum absolute atomic E-state index is 13.4. The fourth-order valence-corrected chi connectivity index (χ4v) is 3.57. The standard InChI is InChI=1S/C25H22N2O4/c1-30-22-13-12-17(14-23(22)31-2)21(28)15-18(24(29)16-8-4-3-5-9-16)25-26-19-10-6-7-11-20(19)27-25/h3-14,18H,15H2,1-2H3,(H,26,27). The van der Waals surface area contributed by atoms with Crippen LogP contribution in [0.1, 0.15) is 38.9 Å². The van der Waals surface area contributed by atoms with Crippen molar-refractivity contribution in [3.63, 3.8) is 0 Å². The highest BCUT2D eigenvalue weighted by atomic mass is 16.5. The number of rotatable bonds is 8. The first-order chi connectivity index (χ1) is 15.1. The molecule has 6 heteroatoms. The minimum atomic E-state index is -0.740. The van der Waals surface area contributed by atoms with Crippen molar-refractivity contribution in [2.75, 3.05) is 14.2 Å². The minimum absolute atomic E-state index is 0.0248.